The number of hydrogen-bond donors (Lipinski definition) is 3. The van der Waals surface area contributed by atoms with Crippen molar-refractivity contribution < 1.29 is 10.2 Å². The van der Waals surface area contributed by atoms with Crippen LogP contribution in [0.1, 0.15) is 46.0 Å². The lowest BCUT2D eigenvalue weighted by Crippen LogP contribution is -2.46. The van der Waals surface area contributed by atoms with Crippen LogP contribution in [0.25, 0.3) is 0 Å². The van der Waals surface area contributed by atoms with Crippen LogP contribution in [0.2, 0.25) is 0 Å². The van der Waals surface area contributed by atoms with Crippen LogP contribution in [0.15, 0.2) is 0 Å². The highest BCUT2D eigenvalue weighted by molar-refractivity contribution is 4.86. The predicted molar refractivity (Wildman–Crippen MR) is 83.8 cm³/mol. The Hall–Kier alpha value is -0.160. The fourth-order valence-electron chi connectivity index (χ4n) is 3.67. The molecule has 3 atom stereocenters. The molecule has 1 aliphatic carbocycles. The molecule has 0 bridgehead atoms. The summed E-state index contributed by atoms with van der Waals surface area (Å²) < 4.78 is 0. The average Bonchev–Trinajstić information content (AvgIpc) is 2.43. The third-order valence-electron chi connectivity index (χ3n) is 4.58. The number of nitrogens with zero attached hydrogens (tertiary/aromatic N) is 1. The van der Waals surface area contributed by atoms with E-state index in [1.807, 2.05) is 0 Å². The Labute approximate surface area is 124 Å². The standard InChI is InChI=1S/C16H34N2O2/c1-3-5-14-6-7-16(17-4-2)15(12-14)13-18(8-10-19)9-11-20/h14-17,19-20H,3-13H2,1-2H3. The number of aliphatic hydroxyl groups excluding tert-OH is 2. The van der Waals surface area contributed by atoms with Crippen molar-refractivity contribution in [3.05, 3.63) is 0 Å². The minimum absolute atomic E-state index is 0.178. The van der Waals surface area contributed by atoms with E-state index in [2.05, 4.69) is 24.1 Å². The summed E-state index contributed by atoms with van der Waals surface area (Å²) in [6.07, 6.45) is 6.53. The highest BCUT2D eigenvalue weighted by Gasteiger charge is 2.30. The van der Waals surface area contributed by atoms with E-state index >= 15 is 0 Å². The smallest absolute Gasteiger partial charge is 0.0558 e. The largest absolute Gasteiger partial charge is 0.395 e. The van der Waals surface area contributed by atoms with Crippen LogP contribution in [0, 0.1) is 11.8 Å². The van der Waals surface area contributed by atoms with Crippen LogP contribution in [0.3, 0.4) is 0 Å². The van der Waals surface area contributed by atoms with Gasteiger partial charge in [-0.25, -0.2) is 0 Å². The molecule has 0 aromatic heterocycles. The third kappa shape index (κ3) is 6.08. The topological polar surface area (TPSA) is 55.7 Å². The van der Waals surface area contributed by atoms with E-state index in [9.17, 15) is 0 Å². The summed E-state index contributed by atoms with van der Waals surface area (Å²) >= 11 is 0. The summed E-state index contributed by atoms with van der Waals surface area (Å²) in [5.74, 6) is 1.52. The molecule has 0 aromatic carbocycles. The second-order valence-electron chi connectivity index (χ2n) is 6.14. The number of aliphatic hydroxyl groups is 2. The molecule has 1 saturated carbocycles. The van der Waals surface area contributed by atoms with E-state index in [1.54, 1.807) is 0 Å². The Morgan fingerprint density at radius 2 is 1.80 bits per heavy atom. The van der Waals surface area contributed by atoms with Gasteiger partial charge >= 0.3 is 0 Å². The molecular formula is C16H34N2O2. The molecule has 0 aromatic rings. The Balaban J connectivity index is 2.56. The fourth-order valence-corrected chi connectivity index (χ4v) is 3.67. The molecule has 0 saturated heterocycles. The maximum absolute atomic E-state index is 9.16. The molecule has 1 rings (SSSR count). The lowest BCUT2D eigenvalue weighted by atomic mass is 9.76. The minimum Gasteiger partial charge on any atom is -0.395 e. The van der Waals surface area contributed by atoms with Crippen LogP contribution in [-0.4, -0.2) is 60.5 Å². The van der Waals surface area contributed by atoms with E-state index in [-0.39, 0.29) is 13.2 Å². The minimum atomic E-state index is 0.178. The number of nitrogens with one attached hydrogen (secondary N) is 1. The van der Waals surface area contributed by atoms with Crippen molar-refractivity contribution >= 4 is 0 Å². The molecule has 20 heavy (non-hydrogen) atoms. The summed E-state index contributed by atoms with van der Waals surface area (Å²) in [5, 5.41) is 22.0. The lowest BCUT2D eigenvalue weighted by molar-refractivity contribution is 0.105. The molecule has 0 heterocycles. The van der Waals surface area contributed by atoms with Gasteiger partial charge in [0.2, 0.25) is 0 Å². The maximum atomic E-state index is 9.16. The third-order valence-corrected chi connectivity index (χ3v) is 4.58. The van der Waals surface area contributed by atoms with E-state index in [0.717, 1.165) is 19.0 Å². The second-order valence-corrected chi connectivity index (χ2v) is 6.14. The SMILES string of the molecule is CCCC1CCC(NCC)C(CN(CCO)CCO)C1. The summed E-state index contributed by atoms with van der Waals surface area (Å²) in [6, 6.07) is 0.605. The molecule has 3 N–H and O–H groups in total. The van der Waals surface area contributed by atoms with Gasteiger partial charge in [-0.15, -0.1) is 0 Å². The van der Waals surface area contributed by atoms with E-state index in [4.69, 9.17) is 10.2 Å². The molecule has 120 valence electrons. The van der Waals surface area contributed by atoms with Crippen molar-refractivity contribution in [1.29, 1.82) is 0 Å². The van der Waals surface area contributed by atoms with E-state index in [0.29, 0.717) is 25.0 Å². The Bertz CT molecular complexity index is 233. The molecule has 3 unspecified atom stereocenters. The quantitative estimate of drug-likeness (QED) is 0.569. The van der Waals surface area contributed by atoms with Crippen LogP contribution in [0.4, 0.5) is 0 Å². The lowest BCUT2D eigenvalue weighted by Gasteiger charge is -2.39. The highest BCUT2D eigenvalue weighted by Crippen LogP contribution is 2.32. The zero-order valence-electron chi connectivity index (χ0n) is 13.4. The van der Waals surface area contributed by atoms with Crippen molar-refractivity contribution in [2.45, 2.75) is 52.0 Å². The molecule has 1 aliphatic rings. The Kier molecular flexibility index (Phi) is 9.44. The first-order valence-corrected chi connectivity index (χ1v) is 8.42. The molecule has 0 aliphatic heterocycles. The van der Waals surface area contributed by atoms with Crippen molar-refractivity contribution in [3.63, 3.8) is 0 Å². The maximum Gasteiger partial charge on any atom is 0.0558 e. The first-order chi connectivity index (χ1) is 9.74. The van der Waals surface area contributed by atoms with Crippen molar-refractivity contribution in [2.75, 3.05) is 39.4 Å². The molecule has 0 radical (unpaired) electrons. The molecule has 4 heteroatoms. The van der Waals surface area contributed by atoms with Gasteiger partial charge in [0.25, 0.3) is 0 Å². The van der Waals surface area contributed by atoms with Gasteiger partial charge in [-0.3, -0.25) is 4.90 Å². The van der Waals surface area contributed by atoms with Gasteiger partial charge in [-0.05, 0) is 37.6 Å². The molecule has 1 fully saturated rings. The van der Waals surface area contributed by atoms with Crippen LogP contribution < -0.4 is 5.32 Å². The first kappa shape index (κ1) is 17.9. The monoisotopic (exact) mass is 286 g/mol. The highest BCUT2D eigenvalue weighted by atomic mass is 16.3. The van der Waals surface area contributed by atoms with Gasteiger partial charge in [-0.1, -0.05) is 26.7 Å². The van der Waals surface area contributed by atoms with E-state index < -0.39 is 0 Å². The first-order valence-electron chi connectivity index (χ1n) is 8.42. The fraction of sp³-hybridized carbons (Fsp3) is 1.00. The van der Waals surface area contributed by atoms with Gasteiger partial charge in [0.1, 0.15) is 0 Å². The van der Waals surface area contributed by atoms with Gasteiger partial charge in [-0.2, -0.15) is 0 Å². The van der Waals surface area contributed by atoms with Gasteiger partial charge in [0, 0.05) is 25.7 Å². The van der Waals surface area contributed by atoms with Gasteiger partial charge in [0.05, 0.1) is 13.2 Å². The van der Waals surface area contributed by atoms with Gasteiger partial charge in [0.15, 0.2) is 0 Å². The predicted octanol–water partition coefficient (Wildman–Crippen LogP) is 1.47. The van der Waals surface area contributed by atoms with E-state index in [1.165, 1.54) is 32.1 Å². The van der Waals surface area contributed by atoms with Crippen LogP contribution >= 0.6 is 0 Å². The molecule has 0 amide bonds. The van der Waals surface area contributed by atoms with Gasteiger partial charge < -0.3 is 15.5 Å². The normalized spacial score (nSPS) is 27.1. The van der Waals surface area contributed by atoms with Crippen molar-refractivity contribution in [1.82, 2.24) is 10.2 Å². The van der Waals surface area contributed by atoms with Crippen molar-refractivity contribution in [3.8, 4) is 0 Å². The number of rotatable bonds is 10. The second kappa shape index (κ2) is 10.6. The van der Waals surface area contributed by atoms with Crippen LogP contribution in [0.5, 0.6) is 0 Å². The molecular weight excluding hydrogens is 252 g/mol. The molecule has 4 nitrogen and oxygen atoms in total. The summed E-state index contributed by atoms with van der Waals surface area (Å²) in [5.41, 5.74) is 0. The molecule has 0 spiro atoms. The summed E-state index contributed by atoms with van der Waals surface area (Å²) in [6.45, 7) is 8.18. The number of hydrogen-bond acceptors (Lipinski definition) is 4. The Morgan fingerprint density at radius 1 is 1.10 bits per heavy atom. The zero-order chi connectivity index (χ0) is 14.8. The summed E-state index contributed by atoms with van der Waals surface area (Å²) in [4.78, 5) is 2.21. The van der Waals surface area contributed by atoms with Crippen LogP contribution in [-0.2, 0) is 0 Å². The van der Waals surface area contributed by atoms with Crippen molar-refractivity contribution in [2.24, 2.45) is 11.8 Å². The summed E-state index contributed by atoms with van der Waals surface area (Å²) in [7, 11) is 0. The zero-order valence-corrected chi connectivity index (χ0v) is 13.4. The Morgan fingerprint density at radius 3 is 2.35 bits per heavy atom. The average molecular weight is 286 g/mol.